The standard InChI is InChI=1S/C21H18F2N2O3S/c1-3-14-6-4-5-7-19(14)25(13(2)26)21-24-16(12-29-21)11-28-20(27)17-9-8-15(22)10-18(17)23/h4-10,12H,3,11H2,1-2H3. The zero-order valence-electron chi connectivity index (χ0n) is 15.8. The van der Waals surface area contributed by atoms with Crippen molar-refractivity contribution in [2.75, 3.05) is 4.90 Å². The summed E-state index contributed by atoms with van der Waals surface area (Å²) in [5.74, 6) is -2.89. The first kappa shape index (κ1) is 20.6. The molecular formula is C21H18F2N2O3S. The second kappa shape index (κ2) is 8.91. The van der Waals surface area contributed by atoms with Crippen molar-refractivity contribution in [2.24, 2.45) is 0 Å². The number of benzene rings is 2. The van der Waals surface area contributed by atoms with Crippen LogP contribution >= 0.6 is 11.3 Å². The SMILES string of the molecule is CCc1ccccc1N(C(C)=O)c1nc(COC(=O)c2ccc(F)cc2F)cs1. The van der Waals surface area contributed by atoms with E-state index >= 15 is 0 Å². The smallest absolute Gasteiger partial charge is 0.341 e. The van der Waals surface area contributed by atoms with Crippen molar-refractivity contribution >= 4 is 34.0 Å². The number of para-hydroxylation sites is 1. The maximum Gasteiger partial charge on any atom is 0.341 e. The Morgan fingerprint density at radius 3 is 2.62 bits per heavy atom. The topological polar surface area (TPSA) is 59.5 Å². The number of thiazole rings is 1. The number of esters is 1. The van der Waals surface area contributed by atoms with Crippen LogP contribution in [-0.2, 0) is 22.6 Å². The zero-order chi connectivity index (χ0) is 21.0. The molecule has 29 heavy (non-hydrogen) atoms. The molecule has 0 atom stereocenters. The average Bonchev–Trinajstić information content (AvgIpc) is 3.15. The summed E-state index contributed by atoms with van der Waals surface area (Å²) < 4.78 is 31.7. The quantitative estimate of drug-likeness (QED) is 0.529. The second-order valence-corrected chi connectivity index (χ2v) is 6.99. The van der Waals surface area contributed by atoms with Crippen LogP contribution in [0.5, 0.6) is 0 Å². The minimum absolute atomic E-state index is 0.197. The van der Waals surface area contributed by atoms with Gasteiger partial charge in [0.25, 0.3) is 0 Å². The number of rotatable bonds is 6. The van der Waals surface area contributed by atoms with Gasteiger partial charge in [0.2, 0.25) is 5.91 Å². The number of nitrogens with zero attached hydrogens (tertiary/aromatic N) is 2. The number of hydrogen-bond donors (Lipinski definition) is 0. The van der Waals surface area contributed by atoms with Gasteiger partial charge >= 0.3 is 5.97 Å². The molecule has 3 rings (SSSR count). The minimum atomic E-state index is -0.993. The molecule has 0 fully saturated rings. The molecular weight excluding hydrogens is 398 g/mol. The van der Waals surface area contributed by atoms with Crippen molar-refractivity contribution < 1.29 is 23.1 Å². The summed E-state index contributed by atoms with van der Waals surface area (Å²) in [6, 6.07) is 10.2. The van der Waals surface area contributed by atoms with Crippen molar-refractivity contribution in [3.8, 4) is 0 Å². The van der Waals surface area contributed by atoms with Gasteiger partial charge in [0.05, 0.1) is 16.9 Å². The summed E-state index contributed by atoms with van der Waals surface area (Å²) in [6.45, 7) is 3.25. The van der Waals surface area contributed by atoms with E-state index < -0.39 is 17.6 Å². The first-order valence-electron chi connectivity index (χ1n) is 8.86. The van der Waals surface area contributed by atoms with Gasteiger partial charge in [0.15, 0.2) is 5.13 Å². The van der Waals surface area contributed by atoms with Crippen LogP contribution in [0.15, 0.2) is 47.8 Å². The van der Waals surface area contributed by atoms with Crippen molar-refractivity contribution in [1.29, 1.82) is 0 Å². The fourth-order valence-electron chi connectivity index (χ4n) is 2.77. The van der Waals surface area contributed by atoms with Crippen LogP contribution in [0, 0.1) is 11.6 Å². The number of aryl methyl sites for hydroxylation is 1. The third kappa shape index (κ3) is 4.65. The molecule has 0 saturated carbocycles. The molecule has 1 heterocycles. The monoisotopic (exact) mass is 416 g/mol. The van der Waals surface area contributed by atoms with Gasteiger partial charge in [-0.1, -0.05) is 25.1 Å². The predicted octanol–water partition coefficient (Wildman–Crippen LogP) is 5.03. The van der Waals surface area contributed by atoms with Crippen LogP contribution in [0.1, 0.15) is 35.5 Å². The Labute approximate surface area is 170 Å². The summed E-state index contributed by atoms with van der Waals surface area (Å²) in [6.07, 6.45) is 0.749. The van der Waals surface area contributed by atoms with Crippen LogP contribution in [0.2, 0.25) is 0 Å². The van der Waals surface area contributed by atoms with Crippen LogP contribution in [0.4, 0.5) is 19.6 Å². The lowest BCUT2D eigenvalue weighted by Crippen LogP contribution is -2.23. The maximum atomic E-state index is 13.7. The summed E-state index contributed by atoms with van der Waals surface area (Å²) in [5, 5.41) is 2.10. The summed E-state index contributed by atoms with van der Waals surface area (Å²) >= 11 is 1.23. The fourth-order valence-corrected chi connectivity index (χ4v) is 3.64. The van der Waals surface area contributed by atoms with E-state index in [-0.39, 0.29) is 18.1 Å². The highest BCUT2D eigenvalue weighted by Gasteiger charge is 2.21. The molecule has 0 aliphatic carbocycles. The third-order valence-corrected chi connectivity index (χ3v) is 5.04. The molecule has 8 heteroatoms. The van der Waals surface area contributed by atoms with Gasteiger partial charge in [0, 0.05) is 18.4 Å². The number of ether oxygens (including phenoxy) is 1. The van der Waals surface area contributed by atoms with Gasteiger partial charge in [-0.2, -0.15) is 0 Å². The molecule has 5 nitrogen and oxygen atoms in total. The second-order valence-electron chi connectivity index (χ2n) is 6.16. The molecule has 0 aliphatic heterocycles. The first-order valence-corrected chi connectivity index (χ1v) is 9.73. The lowest BCUT2D eigenvalue weighted by atomic mass is 10.1. The molecule has 0 aliphatic rings. The van der Waals surface area contributed by atoms with Crippen LogP contribution in [0.25, 0.3) is 0 Å². The highest BCUT2D eigenvalue weighted by molar-refractivity contribution is 7.14. The molecule has 1 aromatic heterocycles. The highest BCUT2D eigenvalue weighted by atomic mass is 32.1. The Bertz CT molecular complexity index is 1050. The third-order valence-electron chi connectivity index (χ3n) is 4.16. The summed E-state index contributed by atoms with van der Waals surface area (Å²) in [5.41, 5.74) is 1.80. The van der Waals surface area contributed by atoms with Gasteiger partial charge in [-0.25, -0.2) is 18.6 Å². The number of carbonyl (C=O) groups excluding carboxylic acids is 2. The number of halogens is 2. The summed E-state index contributed by atoms with van der Waals surface area (Å²) in [7, 11) is 0. The molecule has 0 radical (unpaired) electrons. The molecule has 0 spiro atoms. The lowest BCUT2D eigenvalue weighted by Gasteiger charge is -2.20. The van der Waals surface area contributed by atoms with E-state index in [0.717, 1.165) is 29.8 Å². The molecule has 0 saturated heterocycles. The normalized spacial score (nSPS) is 10.6. The van der Waals surface area contributed by atoms with E-state index in [2.05, 4.69) is 4.98 Å². The highest BCUT2D eigenvalue weighted by Crippen LogP contribution is 2.32. The van der Waals surface area contributed by atoms with Gasteiger partial charge in [-0.3, -0.25) is 9.69 Å². The van der Waals surface area contributed by atoms with Crippen molar-refractivity contribution in [3.63, 3.8) is 0 Å². The van der Waals surface area contributed by atoms with Gasteiger partial charge in [-0.05, 0) is 30.2 Å². The molecule has 0 unspecified atom stereocenters. The molecule has 2 aromatic carbocycles. The Morgan fingerprint density at radius 1 is 1.17 bits per heavy atom. The largest absolute Gasteiger partial charge is 0.455 e. The van der Waals surface area contributed by atoms with Crippen LogP contribution in [0.3, 0.4) is 0 Å². The fraction of sp³-hybridized carbons (Fsp3) is 0.190. The van der Waals surface area contributed by atoms with Gasteiger partial charge < -0.3 is 4.74 Å². The molecule has 1 amide bonds. The van der Waals surface area contributed by atoms with Crippen molar-refractivity contribution in [2.45, 2.75) is 26.9 Å². The first-order chi connectivity index (χ1) is 13.9. The van der Waals surface area contributed by atoms with Crippen molar-refractivity contribution in [3.05, 3.63) is 76.3 Å². The minimum Gasteiger partial charge on any atom is -0.455 e. The van der Waals surface area contributed by atoms with Crippen molar-refractivity contribution in [1.82, 2.24) is 4.98 Å². The Balaban J connectivity index is 1.77. The van der Waals surface area contributed by atoms with E-state index in [1.165, 1.54) is 23.2 Å². The Kier molecular flexibility index (Phi) is 6.33. The van der Waals surface area contributed by atoms with Crippen LogP contribution in [-0.4, -0.2) is 16.9 Å². The Hall–Kier alpha value is -3.13. The number of amides is 1. The number of aromatic nitrogens is 1. The lowest BCUT2D eigenvalue weighted by molar-refractivity contribution is -0.115. The number of carbonyl (C=O) groups is 2. The Morgan fingerprint density at radius 2 is 1.93 bits per heavy atom. The van der Waals surface area contributed by atoms with E-state index in [9.17, 15) is 18.4 Å². The van der Waals surface area contributed by atoms with E-state index in [1.807, 2.05) is 31.2 Å². The van der Waals surface area contributed by atoms with E-state index in [4.69, 9.17) is 4.74 Å². The molecule has 0 N–H and O–H groups in total. The number of hydrogen-bond acceptors (Lipinski definition) is 5. The van der Waals surface area contributed by atoms with E-state index in [1.54, 1.807) is 5.38 Å². The molecule has 3 aromatic rings. The maximum absolute atomic E-state index is 13.7. The average molecular weight is 416 g/mol. The predicted molar refractivity (Wildman–Crippen MR) is 106 cm³/mol. The van der Waals surface area contributed by atoms with Gasteiger partial charge in [0.1, 0.15) is 18.2 Å². The van der Waals surface area contributed by atoms with E-state index in [0.29, 0.717) is 16.9 Å². The van der Waals surface area contributed by atoms with Gasteiger partial charge in [-0.15, -0.1) is 11.3 Å². The molecule has 150 valence electrons. The molecule has 0 bridgehead atoms. The number of anilines is 2. The zero-order valence-corrected chi connectivity index (χ0v) is 16.6. The van der Waals surface area contributed by atoms with Crippen LogP contribution < -0.4 is 4.90 Å². The summed E-state index contributed by atoms with van der Waals surface area (Å²) in [4.78, 5) is 30.2.